The van der Waals surface area contributed by atoms with Crippen molar-refractivity contribution in [2.24, 2.45) is 12.0 Å². The zero-order valence-corrected chi connectivity index (χ0v) is 14.6. The van der Waals surface area contributed by atoms with Gasteiger partial charge in [-0.05, 0) is 24.5 Å². The van der Waals surface area contributed by atoms with E-state index < -0.39 is 0 Å². The summed E-state index contributed by atoms with van der Waals surface area (Å²) in [5.74, 6) is 0.919. The van der Waals surface area contributed by atoms with Gasteiger partial charge in [-0.3, -0.25) is 4.68 Å². The van der Waals surface area contributed by atoms with Gasteiger partial charge in [0.1, 0.15) is 0 Å². The van der Waals surface area contributed by atoms with Crippen LogP contribution in [0.1, 0.15) is 30.5 Å². The lowest BCUT2D eigenvalue weighted by Gasteiger charge is -2.21. The molecule has 23 heavy (non-hydrogen) atoms. The van der Waals surface area contributed by atoms with Crippen LogP contribution in [0.25, 0.3) is 0 Å². The Morgan fingerprint density at radius 1 is 1.26 bits per heavy atom. The highest BCUT2D eigenvalue weighted by Crippen LogP contribution is 2.11. The third-order valence-corrected chi connectivity index (χ3v) is 3.77. The molecule has 124 valence electrons. The van der Waals surface area contributed by atoms with Gasteiger partial charge in [0.2, 0.25) is 0 Å². The van der Waals surface area contributed by atoms with Crippen molar-refractivity contribution in [1.29, 1.82) is 0 Å². The largest absolute Gasteiger partial charge is 0.357 e. The van der Waals surface area contributed by atoms with Crippen molar-refractivity contribution in [2.45, 2.75) is 33.4 Å². The molecule has 1 N–H and O–H groups in total. The van der Waals surface area contributed by atoms with E-state index in [0.717, 1.165) is 25.5 Å². The number of rotatable bonds is 6. The average molecular weight is 313 g/mol. The maximum absolute atomic E-state index is 4.80. The van der Waals surface area contributed by atoms with E-state index in [4.69, 9.17) is 4.99 Å². The predicted octanol–water partition coefficient (Wildman–Crippen LogP) is 2.58. The van der Waals surface area contributed by atoms with E-state index in [0.29, 0.717) is 6.54 Å². The number of benzene rings is 1. The van der Waals surface area contributed by atoms with Crippen molar-refractivity contribution < 1.29 is 0 Å². The fourth-order valence-corrected chi connectivity index (χ4v) is 2.59. The molecule has 2 aromatic rings. The van der Waals surface area contributed by atoms with Gasteiger partial charge in [0.15, 0.2) is 5.96 Å². The van der Waals surface area contributed by atoms with Gasteiger partial charge in [0.05, 0.1) is 12.7 Å². The summed E-state index contributed by atoms with van der Waals surface area (Å²) in [5, 5.41) is 7.59. The van der Waals surface area contributed by atoms with Crippen molar-refractivity contribution in [3.05, 3.63) is 53.3 Å². The van der Waals surface area contributed by atoms with Crippen molar-refractivity contribution in [1.82, 2.24) is 20.0 Å². The molecular formula is C18H27N5. The normalized spacial score (nSPS) is 11.6. The van der Waals surface area contributed by atoms with Gasteiger partial charge in [-0.15, -0.1) is 0 Å². The molecule has 0 radical (unpaired) electrons. The summed E-state index contributed by atoms with van der Waals surface area (Å²) < 4.78 is 1.82. The van der Waals surface area contributed by atoms with E-state index in [1.807, 2.05) is 24.1 Å². The van der Waals surface area contributed by atoms with Crippen LogP contribution in [0.2, 0.25) is 0 Å². The van der Waals surface area contributed by atoms with Crippen LogP contribution in [0.15, 0.2) is 41.7 Å². The molecule has 0 amide bonds. The number of hydrogen-bond donors (Lipinski definition) is 1. The zero-order valence-electron chi connectivity index (χ0n) is 14.6. The molecule has 0 saturated carbocycles. The molecule has 1 heterocycles. The van der Waals surface area contributed by atoms with Gasteiger partial charge >= 0.3 is 0 Å². The van der Waals surface area contributed by atoms with E-state index in [2.05, 4.69) is 60.5 Å². The van der Waals surface area contributed by atoms with Crippen LogP contribution in [0.3, 0.4) is 0 Å². The first-order valence-corrected chi connectivity index (χ1v) is 8.17. The first kappa shape index (κ1) is 17.1. The van der Waals surface area contributed by atoms with Gasteiger partial charge in [0.25, 0.3) is 0 Å². The summed E-state index contributed by atoms with van der Waals surface area (Å²) in [6, 6.07) is 8.51. The van der Waals surface area contributed by atoms with Crippen LogP contribution < -0.4 is 5.32 Å². The smallest absolute Gasteiger partial charge is 0.194 e. The first-order chi connectivity index (χ1) is 11.1. The molecule has 0 unspecified atom stereocenters. The Morgan fingerprint density at radius 2 is 2.00 bits per heavy atom. The summed E-state index contributed by atoms with van der Waals surface area (Å²) in [5.41, 5.74) is 3.83. The highest BCUT2D eigenvalue weighted by Gasteiger charge is 2.08. The van der Waals surface area contributed by atoms with Crippen LogP contribution in [0.4, 0.5) is 0 Å². The van der Waals surface area contributed by atoms with E-state index in [9.17, 15) is 0 Å². The fraction of sp³-hybridized carbons (Fsp3) is 0.444. The Bertz CT molecular complexity index is 644. The summed E-state index contributed by atoms with van der Waals surface area (Å²) in [6.07, 6.45) is 4.96. The van der Waals surface area contributed by atoms with Crippen LogP contribution in [0, 0.1) is 0 Å². The zero-order chi connectivity index (χ0) is 16.7. The standard InChI is InChI=1S/C18H27N5/c1-5-16-9-7-8-10-17(16)12-20-18(19-6-2)22(3)13-15-11-21-23(4)14-15/h7-11,14H,5-6,12-13H2,1-4H3,(H,19,20). The molecular weight excluding hydrogens is 286 g/mol. The van der Waals surface area contributed by atoms with E-state index in [1.54, 1.807) is 0 Å². The second-order valence-corrected chi connectivity index (χ2v) is 5.67. The second kappa shape index (κ2) is 8.36. The first-order valence-electron chi connectivity index (χ1n) is 8.17. The van der Waals surface area contributed by atoms with Crippen molar-refractivity contribution in [3.8, 4) is 0 Å². The maximum atomic E-state index is 4.80. The highest BCUT2D eigenvalue weighted by atomic mass is 15.3. The molecule has 5 heteroatoms. The Hall–Kier alpha value is -2.30. The van der Waals surface area contributed by atoms with Gasteiger partial charge in [0, 0.05) is 38.9 Å². The number of guanidine groups is 1. The number of aliphatic imine (C=N–C) groups is 1. The molecule has 1 aromatic heterocycles. The number of nitrogens with zero attached hydrogens (tertiary/aromatic N) is 4. The predicted molar refractivity (Wildman–Crippen MR) is 95.3 cm³/mol. The molecule has 0 spiro atoms. The van der Waals surface area contributed by atoms with Crippen LogP contribution in [-0.2, 0) is 26.6 Å². The minimum Gasteiger partial charge on any atom is -0.357 e. The Balaban J connectivity index is 2.09. The van der Waals surface area contributed by atoms with Crippen LogP contribution >= 0.6 is 0 Å². The molecule has 0 bridgehead atoms. The van der Waals surface area contributed by atoms with E-state index in [-0.39, 0.29) is 0 Å². The average Bonchev–Trinajstić information content (AvgIpc) is 2.96. The molecule has 1 aromatic carbocycles. The van der Waals surface area contributed by atoms with Crippen LogP contribution in [0.5, 0.6) is 0 Å². The SMILES string of the molecule is CCNC(=NCc1ccccc1CC)N(C)Cc1cnn(C)c1. The maximum Gasteiger partial charge on any atom is 0.194 e. The summed E-state index contributed by atoms with van der Waals surface area (Å²) in [7, 11) is 3.99. The Morgan fingerprint density at radius 3 is 2.61 bits per heavy atom. The van der Waals surface area contributed by atoms with Gasteiger partial charge in [-0.25, -0.2) is 4.99 Å². The summed E-state index contributed by atoms with van der Waals surface area (Å²) >= 11 is 0. The topological polar surface area (TPSA) is 45.5 Å². The monoisotopic (exact) mass is 313 g/mol. The Labute approximate surface area is 139 Å². The molecule has 2 rings (SSSR count). The molecule has 0 aliphatic heterocycles. The van der Waals surface area contributed by atoms with Crippen LogP contribution in [-0.4, -0.2) is 34.2 Å². The Kier molecular flexibility index (Phi) is 6.20. The van der Waals surface area contributed by atoms with Gasteiger partial charge in [-0.1, -0.05) is 31.2 Å². The summed E-state index contributed by atoms with van der Waals surface area (Å²) in [4.78, 5) is 6.93. The number of aromatic nitrogens is 2. The number of hydrogen-bond acceptors (Lipinski definition) is 2. The van der Waals surface area contributed by atoms with Crippen molar-refractivity contribution in [3.63, 3.8) is 0 Å². The minimum atomic E-state index is 0.698. The highest BCUT2D eigenvalue weighted by molar-refractivity contribution is 5.79. The van der Waals surface area contributed by atoms with E-state index in [1.165, 1.54) is 16.7 Å². The lowest BCUT2D eigenvalue weighted by atomic mass is 10.1. The molecule has 0 fully saturated rings. The van der Waals surface area contributed by atoms with Gasteiger partial charge in [-0.2, -0.15) is 5.10 Å². The second-order valence-electron chi connectivity index (χ2n) is 5.67. The molecule has 5 nitrogen and oxygen atoms in total. The fourth-order valence-electron chi connectivity index (χ4n) is 2.59. The third kappa shape index (κ3) is 4.84. The van der Waals surface area contributed by atoms with E-state index >= 15 is 0 Å². The minimum absolute atomic E-state index is 0.698. The quantitative estimate of drug-likeness (QED) is 0.658. The third-order valence-electron chi connectivity index (χ3n) is 3.77. The number of aryl methyl sites for hydroxylation is 2. The molecule has 0 saturated heterocycles. The van der Waals surface area contributed by atoms with Crippen molar-refractivity contribution >= 4 is 5.96 Å². The van der Waals surface area contributed by atoms with Gasteiger partial charge < -0.3 is 10.2 Å². The summed E-state index contributed by atoms with van der Waals surface area (Å²) in [6.45, 7) is 6.61. The molecule has 0 aliphatic rings. The lowest BCUT2D eigenvalue weighted by Crippen LogP contribution is -2.38. The van der Waals surface area contributed by atoms with Crippen molar-refractivity contribution in [2.75, 3.05) is 13.6 Å². The molecule has 0 atom stereocenters. The molecule has 0 aliphatic carbocycles. The lowest BCUT2D eigenvalue weighted by molar-refractivity contribution is 0.476. The number of nitrogens with one attached hydrogen (secondary N) is 1.